The third-order valence-electron chi connectivity index (χ3n) is 4.52. The Morgan fingerprint density at radius 3 is 2.61 bits per heavy atom. The van der Waals surface area contributed by atoms with Gasteiger partial charge in [-0.2, -0.15) is 13.2 Å². The lowest BCUT2D eigenvalue weighted by atomic mass is 9.87. The van der Waals surface area contributed by atoms with Crippen LogP contribution in [0.25, 0.3) is 0 Å². The van der Waals surface area contributed by atoms with Crippen molar-refractivity contribution in [2.24, 2.45) is 11.7 Å². The summed E-state index contributed by atoms with van der Waals surface area (Å²) in [6.45, 7) is 1.88. The summed E-state index contributed by atoms with van der Waals surface area (Å²) in [6.07, 6.45) is -3.78. The zero-order chi connectivity index (χ0) is 20.6. The maximum atomic E-state index is 13.6. The molecule has 0 spiro atoms. The van der Waals surface area contributed by atoms with Crippen molar-refractivity contribution >= 4 is 23.4 Å². The number of nitrogens with two attached hydrogens (primary N) is 1. The number of hydrogen-bond acceptors (Lipinski definition) is 5. The van der Waals surface area contributed by atoms with Crippen LogP contribution in [0.1, 0.15) is 30.3 Å². The number of amides is 2. The van der Waals surface area contributed by atoms with Gasteiger partial charge in [0.15, 0.2) is 5.69 Å². The van der Waals surface area contributed by atoms with Gasteiger partial charge in [-0.05, 0) is 31.2 Å². The summed E-state index contributed by atoms with van der Waals surface area (Å²) in [7, 11) is 0. The highest BCUT2D eigenvalue weighted by Crippen LogP contribution is 2.39. The number of carbonyl (C=O) groups excluding carboxylic acids is 1. The third-order valence-corrected chi connectivity index (χ3v) is 4.52. The van der Waals surface area contributed by atoms with Gasteiger partial charge in [0, 0.05) is 11.6 Å². The zero-order valence-corrected chi connectivity index (χ0v) is 14.7. The Kier molecular flexibility index (Phi) is 4.92. The minimum Gasteiger partial charge on any atom is -0.351 e. The first-order valence-electron chi connectivity index (χ1n) is 8.39. The van der Waals surface area contributed by atoms with E-state index in [0.717, 1.165) is 6.07 Å². The van der Waals surface area contributed by atoms with Crippen molar-refractivity contribution in [1.82, 2.24) is 9.97 Å². The number of halogens is 3. The minimum atomic E-state index is -4.77. The summed E-state index contributed by atoms with van der Waals surface area (Å²) in [5, 5.41) is 11.3. The Bertz CT molecular complexity index is 948. The van der Waals surface area contributed by atoms with Crippen LogP contribution in [0.5, 0.6) is 0 Å². The number of primary amides is 1. The number of nitro groups is 1. The number of nitrogens with zero attached hydrogens (tertiary/aromatic N) is 4. The van der Waals surface area contributed by atoms with Crippen LogP contribution >= 0.6 is 0 Å². The van der Waals surface area contributed by atoms with Crippen molar-refractivity contribution in [3.63, 3.8) is 0 Å². The van der Waals surface area contributed by atoms with Crippen LogP contribution in [0.3, 0.4) is 0 Å². The fraction of sp³-hybridized carbons (Fsp3) is 0.353. The van der Waals surface area contributed by atoms with Gasteiger partial charge >= 0.3 is 12.2 Å². The molecule has 2 N–H and O–H groups in total. The van der Waals surface area contributed by atoms with Gasteiger partial charge in [0.05, 0.1) is 10.6 Å². The number of urea groups is 1. The van der Waals surface area contributed by atoms with E-state index >= 15 is 0 Å². The predicted octanol–water partition coefficient (Wildman–Crippen LogP) is 3.75. The second kappa shape index (κ2) is 7.06. The van der Waals surface area contributed by atoms with Crippen LogP contribution < -0.4 is 10.6 Å². The molecular formula is C17H16F3N5O3. The van der Waals surface area contributed by atoms with Crippen molar-refractivity contribution in [2.45, 2.75) is 32.4 Å². The topological polar surface area (TPSA) is 115 Å². The van der Waals surface area contributed by atoms with E-state index in [1.165, 1.54) is 18.2 Å². The molecule has 2 aromatic rings. The average Bonchev–Trinajstić information content (AvgIpc) is 2.60. The standard InChI is InChI=1S/C17H16F3N5O3/c1-9-6-7-10-11(8-9)22-16(23-14(10)17(18,19)20)24(15(21)26)12-4-2-3-5-13(12)25(27)28/h2-5,9H,6-8H2,1H3,(H2,21,26). The summed E-state index contributed by atoms with van der Waals surface area (Å²) >= 11 is 0. The monoisotopic (exact) mass is 395 g/mol. The molecule has 1 aliphatic carbocycles. The molecule has 8 nitrogen and oxygen atoms in total. The maximum absolute atomic E-state index is 13.6. The van der Waals surface area contributed by atoms with Gasteiger partial charge in [0.25, 0.3) is 5.69 Å². The van der Waals surface area contributed by atoms with E-state index in [1.54, 1.807) is 0 Å². The Hall–Kier alpha value is -3.24. The Morgan fingerprint density at radius 1 is 1.32 bits per heavy atom. The predicted molar refractivity (Wildman–Crippen MR) is 93.0 cm³/mol. The molecule has 1 aliphatic rings. The van der Waals surface area contributed by atoms with Crippen molar-refractivity contribution in [3.05, 3.63) is 51.3 Å². The molecule has 0 radical (unpaired) electrons. The molecule has 1 atom stereocenters. The lowest BCUT2D eigenvalue weighted by Crippen LogP contribution is -2.35. The molecular weight excluding hydrogens is 379 g/mol. The highest BCUT2D eigenvalue weighted by molar-refractivity contribution is 5.98. The van der Waals surface area contributed by atoms with E-state index < -0.39 is 34.5 Å². The van der Waals surface area contributed by atoms with Crippen molar-refractivity contribution in [2.75, 3.05) is 4.90 Å². The number of fused-ring (bicyclic) bond motifs is 1. The van der Waals surface area contributed by atoms with Crippen LogP contribution in [-0.2, 0) is 19.0 Å². The molecule has 0 aliphatic heterocycles. The number of rotatable bonds is 3. The minimum absolute atomic E-state index is 0.0127. The number of hydrogen-bond donors (Lipinski definition) is 1. The van der Waals surface area contributed by atoms with Crippen molar-refractivity contribution in [1.29, 1.82) is 0 Å². The van der Waals surface area contributed by atoms with E-state index in [1.807, 2.05) is 6.92 Å². The molecule has 1 heterocycles. The normalized spacial score (nSPS) is 16.4. The summed E-state index contributed by atoms with van der Waals surface area (Å²) in [6, 6.07) is 3.82. The number of anilines is 2. The van der Waals surface area contributed by atoms with E-state index in [9.17, 15) is 28.1 Å². The summed E-state index contributed by atoms with van der Waals surface area (Å²) in [5.74, 6) is -0.536. The van der Waals surface area contributed by atoms with Gasteiger partial charge in [-0.25, -0.2) is 19.7 Å². The summed E-state index contributed by atoms with van der Waals surface area (Å²) < 4.78 is 40.8. The SMILES string of the molecule is CC1CCc2c(nc(N(C(N)=O)c3ccccc3[N+](=O)[O-])nc2C(F)(F)F)C1. The van der Waals surface area contributed by atoms with E-state index in [2.05, 4.69) is 9.97 Å². The van der Waals surface area contributed by atoms with E-state index in [4.69, 9.17) is 5.73 Å². The fourth-order valence-corrected chi connectivity index (χ4v) is 3.24. The molecule has 0 saturated heterocycles. The van der Waals surface area contributed by atoms with Crippen molar-refractivity contribution in [3.8, 4) is 0 Å². The lowest BCUT2D eigenvalue weighted by Gasteiger charge is -2.26. The average molecular weight is 395 g/mol. The number of nitro benzene ring substituents is 1. The van der Waals surface area contributed by atoms with Crippen LogP contribution in [0.4, 0.5) is 35.3 Å². The molecule has 11 heteroatoms. The van der Waals surface area contributed by atoms with Gasteiger partial charge in [-0.1, -0.05) is 19.1 Å². The smallest absolute Gasteiger partial charge is 0.351 e. The first-order valence-corrected chi connectivity index (χ1v) is 8.39. The highest BCUT2D eigenvalue weighted by Gasteiger charge is 2.40. The molecule has 0 saturated carbocycles. The number of carbonyl (C=O) groups is 1. The molecule has 0 bridgehead atoms. The molecule has 1 aromatic carbocycles. The molecule has 28 heavy (non-hydrogen) atoms. The Balaban J connectivity index is 2.24. The number of alkyl halides is 3. The molecule has 3 rings (SSSR count). The zero-order valence-electron chi connectivity index (χ0n) is 14.7. The lowest BCUT2D eigenvalue weighted by molar-refractivity contribution is -0.384. The molecule has 0 fully saturated rings. The van der Waals surface area contributed by atoms with Crippen LogP contribution in [-0.4, -0.2) is 20.9 Å². The maximum Gasteiger partial charge on any atom is 0.433 e. The fourth-order valence-electron chi connectivity index (χ4n) is 3.24. The summed E-state index contributed by atoms with van der Waals surface area (Å²) in [4.78, 5) is 30.8. The van der Waals surface area contributed by atoms with Crippen LogP contribution in [0.2, 0.25) is 0 Å². The molecule has 1 unspecified atom stereocenters. The second-order valence-electron chi connectivity index (χ2n) is 6.56. The van der Waals surface area contributed by atoms with E-state index in [0.29, 0.717) is 11.3 Å². The molecule has 2 amide bonds. The van der Waals surface area contributed by atoms with Gasteiger partial charge in [0.1, 0.15) is 5.69 Å². The second-order valence-corrected chi connectivity index (χ2v) is 6.56. The third kappa shape index (κ3) is 3.59. The van der Waals surface area contributed by atoms with Gasteiger partial charge in [-0.3, -0.25) is 10.1 Å². The van der Waals surface area contributed by atoms with Crippen LogP contribution in [0.15, 0.2) is 24.3 Å². The number of aromatic nitrogens is 2. The Morgan fingerprint density at radius 2 is 2.00 bits per heavy atom. The Labute approximate surface area is 157 Å². The van der Waals surface area contributed by atoms with Crippen LogP contribution in [0, 0.1) is 16.0 Å². The van der Waals surface area contributed by atoms with Crippen molar-refractivity contribution < 1.29 is 22.9 Å². The first kappa shape index (κ1) is 19.5. The number of para-hydroxylation sites is 2. The quantitative estimate of drug-likeness (QED) is 0.628. The summed E-state index contributed by atoms with van der Waals surface area (Å²) in [5.41, 5.74) is 3.52. The largest absolute Gasteiger partial charge is 0.433 e. The number of benzene rings is 1. The van der Waals surface area contributed by atoms with Gasteiger partial charge in [-0.15, -0.1) is 0 Å². The highest BCUT2D eigenvalue weighted by atomic mass is 19.4. The molecule has 1 aromatic heterocycles. The van der Waals surface area contributed by atoms with Gasteiger partial charge in [0.2, 0.25) is 5.95 Å². The first-order chi connectivity index (χ1) is 13.1. The van der Waals surface area contributed by atoms with Gasteiger partial charge < -0.3 is 5.73 Å². The van der Waals surface area contributed by atoms with E-state index in [-0.39, 0.29) is 35.7 Å². The molecule has 148 valence electrons.